The van der Waals surface area contributed by atoms with Crippen molar-refractivity contribution in [3.8, 4) is 11.3 Å². The molecular weight excluding hydrogens is 258 g/mol. The number of aryl methyl sites for hydroxylation is 1. The lowest BCUT2D eigenvalue weighted by Gasteiger charge is -2.11. The maximum absolute atomic E-state index is 4.00. The zero-order chi connectivity index (χ0) is 14.5. The van der Waals surface area contributed by atoms with Gasteiger partial charge in [-0.2, -0.15) is 5.10 Å². The van der Waals surface area contributed by atoms with Crippen molar-refractivity contribution in [1.29, 1.82) is 0 Å². The van der Waals surface area contributed by atoms with Gasteiger partial charge in [0.25, 0.3) is 0 Å². The number of nitrogens with zero attached hydrogens (tertiary/aromatic N) is 1. The fraction of sp³-hybridized carbons (Fsp3) is 0.167. The van der Waals surface area contributed by atoms with E-state index in [1.165, 1.54) is 11.1 Å². The van der Waals surface area contributed by atoms with Crippen LogP contribution in [0, 0.1) is 0 Å². The third-order valence-electron chi connectivity index (χ3n) is 3.66. The maximum atomic E-state index is 4.00. The average molecular weight is 277 g/mol. The molecule has 1 aromatic heterocycles. The number of H-pyrrole nitrogens is 1. The summed E-state index contributed by atoms with van der Waals surface area (Å²) in [6.07, 6.45) is 2.83. The van der Waals surface area contributed by atoms with Crippen LogP contribution in [-0.4, -0.2) is 10.2 Å². The molecule has 2 aromatic carbocycles. The summed E-state index contributed by atoms with van der Waals surface area (Å²) in [5.74, 6) is 0. The first-order chi connectivity index (χ1) is 10.4. The van der Waals surface area contributed by atoms with Gasteiger partial charge in [0.2, 0.25) is 0 Å². The first-order valence-corrected chi connectivity index (χ1v) is 7.27. The Balaban J connectivity index is 1.75. The van der Waals surface area contributed by atoms with E-state index in [0.29, 0.717) is 0 Å². The fourth-order valence-electron chi connectivity index (χ4n) is 2.49. The summed E-state index contributed by atoms with van der Waals surface area (Å²) in [5.41, 5.74) is 6.04. The lowest BCUT2D eigenvalue weighted by molar-refractivity contribution is 1.04. The summed E-state index contributed by atoms with van der Waals surface area (Å²) in [6.45, 7) is 3.04. The first kappa shape index (κ1) is 13.4. The summed E-state index contributed by atoms with van der Waals surface area (Å²) in [5, 5.41) is 10.5. The second-order valence-corrected chi connectivity index (χ2v) is 5.03. The molecule has 3 nitrogen and oxygen atoms in total. The SMILES string of the molecule is CCc1ccccc1CNc1cccc(-c2ccn[nH]2)c1. The molecule has 3 rings (SSSR count). The number of nitrogens with one attached hydrogen (secondary N) is 2. The van der Waals surface area contributed by atoms with Crippen molar-refractivity contribution in [3.05, 3.63) is 71.9 Å². The van der Waals surface area contributed by atoms with E-state index in [0.717, 1.165) is 29.9 Å². The molecule has 0 aliphatic rings. The van der Waals surface area contributed by atoms with Gasteiger partial charge >= 0.3 is 0 Å². The van der Waals surface area contributed by atoms with Crippen molar-refractivity contribution in [2.75, 3.05) is 5.32 Å². The molecule has 0 saturated heterocycles. The zero-order valence-corrected chi connectivity index (χ0v) is 12.1. The van der Waals surface area contributed by atoms with Crippen LogP contribution in [0.3, 0.4) is 0 Å². The number of aromatic amines is 1. The lowest BCUT2D eigenvalue weighted by Crippen LogP contribution is -2.02. The van der Waals surface area contributed by atoms with Gasteiger partial charge in [0.15, 0.2) is 0 Å². The molecule has 3 heteroatoms. The summed E-state index contributed by atoms with van der Waals surface area (Å²) < 4.78 is 0. The van der Waals surface area contributed by atoms with Crippen molar-refractivity contribution in [1.82, 2.24) is 10.2 Å². The van der Waals surface area contributed by atoms with E-state index in [2.05, 4.69) is 71.0 Å². The summed E-state index contributed by atoms with van der Waals surface area (Å²) in [6, 6.07) is 18.9. The van der Waals surface area contributed by atoms with Crippen LogP contribution in [0.2, 0.25) is 0 Å². The van der Waals surface area contributed by atoms with E-state index >= 15 is 0 Å². The molecule has 0 aliphatic carbocycles. The Labute approximate surface area is 125 Å². The van der Waals surface area contributed by atoms with Gasteiger partial charge in [-0.1, -0.05) is 43.3 Å². The summed E-state index contributed by atoms with van der Waals surface area (Å²) >= 11 is 0. The molecule has 1 heterocycles. The quantitative estimate of drug-likeness (QED) is 0.732. The van der Waals surface area contributed by atoms with Crippen molar-refractivity contribution in [2.24, 2.45) is 0 Å². The minimum absolute atomic E-state index is 0.844. The second kappa shape index (κ2) is 6.27. The molecule has 0 spiro atoms. The molecule has 0 unspecified atom stereocenters. The van der Waals surface area contributed by atoms with Crippen LogP contribution in [0.4, 0.5) is 5.69 Å². The first-order valence-electron chi connectivity index (χ1n) is 7.27. The number of aromatic nitrogens is 2. The summed E-state index contributed by atoms with van der Waals surface area (Å²) in [4.78, 5) is 0. The van der Waals surface area contributed by atoms with E-state index in [1.807, 2.05) is 6.07 Å². The Kier molecular flexibility index (Phi) is 4.01. The van der Waals surface area contributed by atoms with Crippen LogP contribution in [0.5, 0.6) is 0 Å². The summed E-state index contributed by atoms with van der Waals surface area (Å²) in [7, 11) is 0. The minimum Gasteiger partial charge on any atom is -0.381 e. The number of anilines is 1. The second-order valence-electron chi connectivity index (χ2n) is 5.03. The van der Waals surface area contributed by atoms with Crippen molar-refractivity contribution in [3.63, 3.8) is 0 Å². The molecule has 0 bridgehead atoms. The molecule has 0 radical (unpaired) electrons. The monoisotopic (exact) mass is 277 g/mol. The molecule has 0 aliphatic heterocycles. The normalized spacial score (nSPS) is 10.5. The number of hydrogen-bond acceptors (Lipinski definition) is 2. The highest BCUT2D eigenvalue weighted by Gasteiger charge is 2.02. The van der Waals surface area contributed by atoms with Gasteiger partial charge in [-0.15, -0.1) is 0 Å². The molecule has 21 heavy (non-hydrogen) atoms. The molecule has 0 fully saturated rings. The lowest BCUT2D eigenvalue weighted by atomic mass is 10.1. The van der Waals surface area contributed by atoms with Crippen molar-refractivity contribution >= 4 is 5.69 Å². The molecule has 106 valence electrons. The standard InChI is InChI=1S/C18H19N3/c1-2-14-6-3-4-7-16(14)13-19-17-9-5-8-15(12-17)18-10-11-20-21-18/h3-12,19H,2,13H2,1H3,(H,20,21). The molecule has 0 atom stereocenters. The van der Waals surface area contributed by atoms with Crippen molar-refractivity contribution < 1.29 is 0 Å². The van der Waals surface area contributed by atoms with Crippen LogP contribution in [0.25, 0.3) is 11.3 Å². The van der Waals surface area contributed by atoms with E-state index in [1.54, 1.807) is 6.20 Å². The molecule has 0 saturated carbocycles. The van der Waals surface area contributed by atoms with Gasteiger partial charge in [0.1, 0.15) is 0 Å². The molecule has 0 amide bonds. The third-order valence-corrected chi connectivity index (χ3v) is 3.66. The average Bonchev–Trinajstić information content (AvgIpc) is 3.08. The molecule has 2 N–H and O–H groups in total. The Morgan fingerprint density at radius 1 is 1.00 bits per heavy atom. The van der Waals surface area contributed by atoms with E-state index in [9.17, 15) is 0 Å². The third kappa shape index (κ3) is 3.14. The van der Waals surface area contributed by atoms with Gasteiger partial charge in [0.05, 0.1) is 5.69 Å². The number of hydrogen-bond donors (Lipinski definition) is 2. The Hall–Kier alpha value is -2.55. The predicted molar refractivity (Wildman–Crippen MR) is 87.2 cm³/mol. The van der Waals surface area contributed by atoms with Crippen LogP contribution in [-0.2, 0) is 13.0 Å². The molecule has 3 aromatic rings. The molecular formula is C18H19N3. The van der Waals surface area contributed by atoms with Crippen LogP contribution in [0.1, 0.15) is 18.1 Å². The van der Waals surface area contributed by atoms with Gasteiger partial charge in [-0.3, -0.25) is 5.10 Å². The zero-order valence-electron chi connectivity index (χ0n) is 12.1. The van der Waals surface area contributed by atoms with E-state index in [4.69, 9.17) is 0 Å². The topological polar surface area (TPSA) is 40.7 Å². The highest BCUT2D eigenvalue weighted by Crippen LogP contribution is 2.21. The van der Waals surface area contributed by atoms with Gasteiger partial charge in [0, 0.05) is 24.0 Å². The van der Waals surface area contributed by atoms with Gasteiger partial charge < -0.3 is 5.32 Å². The number of rotatable bonds is 5. The van der Waals surface area contributed by atoms with Crippen LogP contribution in [0.15, 0.2) is 60.8 Å². The Bertz CT molecular complexity index is 702. The fourth-order valence-corrected chi connectivity index (χ4v) is 2.49. The largest absolute Gasteiger partial charge is 0.381 e. The predicted octanol–water partition coefficient (Wildman–Crippen LogP) is 4.25. The van der Waals surface area contributed by atoms with Crippen LogP contribution < -0.4 is 5.32 Å². The minimum atomic E-state index is 0.844. The smallest absolute Gasteiger partial charge is 0.0650 e. The highest BCUT2D eigenvalue weighted by atomic mass is 15.1. The van der Waals surface area contributed by atoms with Crippen molar-refractivity contribution in [2.45, 2.75) is 19.9 Å². The Morgan fingerprint density at radius 3 is 2.62 bits per heavy atom. The Morgan fingerprint density at radius 2 is 1.86 bits per heavy atom. The number of benzene rings is 2. The van der Waals surface area contributed by atoms with E-state index < -0.39 is 0 Å². The van der Waals surface area contributed by atoms with Crippen LogP contribution >= 0.6 is 0 Å². The van der Waals surface area contributed by atoms with Gasteiger partial charge in [-0.25, -0.2) is 0 Å². The highest BCUT2D eigenvalue weighted by molar-refractivity contribution is 5.64. The van der Waals surface area contributed by atoms with E-state index in [-0.39, 0.29) is 0 Å². The van der Waals surface area contributed by atoms with Gasteiger partial charge in [-0.05, 0) is 35.7 Å². The maximum Gasteiger partial charge on any atom is 0.0650 e.